The Hall–Kier alpha value is -2.55. The summed E-state index contributed by atoms with van der Waals surface area (Å²) in [6.45, 7) is 0.247. The molecule has 1 saturated carbocycles. The van der Waals surface area contributed by atoms with Crippen molar-refractivity contribution in [2.24, 2.45) is 0 Å². The van der Waals surface area contributed by atoms with Crippen LogP contribution in [0, 0.1) is 11.3 Å². The molecule has 0 unspecified atom stereocenters. The predicted octanol–water partition coefficient (Wildman–Crippen LogP) is 5.04. The van der Waals surface area contributed by atoms with Crippen molar-refractivity contribution >= 4 is 17.5 Å². The Labute approximate surface area is 189 Å². The minimum atomic E-state index is -0.0323. The summed E-state index contributed by atoms with van der Waals surface area (Å²) >= 11 is 6.07. The van der Waals surface area contributed by atoms with Gasteiger partial charge in [0, 0.05) is 24.3 Å². The van der Waals surface area contributed by atoms with Gasteiger partial charge in [-0.15, -0.1) is 0 Å². The normalized spacial score (nSPS) is 18.2. The van der Waals surface area contributed by atoms with Crippen LogP contribution in [0.4, 0.5) is 0 Å². The van der Waals surface area contributed by atoms with Gasteiger partial charge in [-0.1, -0.05) is 30.2 Å². The maximum Gasteiger partial charge on any atom is 0.251 e. The predicted molar refractivity (Wildman–Crippen MR) is 121 cm³/mol. The van der Waals surface area contributed by atoms with Gasteiger partial charge in [0.15, 0.2) is 0 Å². The highest BCUT2D eigenvalue weighted by molar-refractivity contribution is 6.31. The molecule has 2 aromatic carbocycles. The molecule has 2 N–H and O–H groups in total. The highest BCUT2D eigenvalue weighted by Crippen LogP contribution is 2.27. The molecular formula is C25H29ClN2O3. The molecule has 6 heteroatoms. The molecule has 0 aromatic heterocycles. The zero-order valence-electron chi connectivity index (χ0n) is 17.6. The lowest BCUT2D eigenvalue weighted by Crippen LogP contribution is -2.39. The average Bonchev–Trinajstić information content (AvgIpc) is 2.78. The van der Waals surface area contributed by atoms with Crippen LogP contribution < -0.4 is 10.1 Å². The van der Waals surface area contributed by atoms with Crippen LogP contribution in [-0.2, 0) is 6.42 Å². The standard InChI is InChI=1S/C25H29ClN2O3/c26-24-16-23(12-9-20(24)17-27)31-22-13-10-21(11-14-22)28-25(30)19-7-5-18(6-8-19)4-2-1-3-15-29/h5-9,12,16,21-22,29H,1-4,10-11,13-15H2,(H,28,30)/t21-,22-. The Morgan fingerprint density at radius 1 is 1.10 bits per heavy atom. The van der Waals surface area contributed by atoms with Crippen LogP contribution in [0.25, 0.3) is 0 Å². The monoisotopic (exact) mass is 440 g/mol. The van der Waals surface area contributed by atoms with E-state index in [0.29, 0.717) is 21.9 Å². The summed E-state index contributed by atoms with van der Waals surface area (Å²) in [5.74, 6) is 0.642. The maximum atomic E-state index is 12.6. The van der Waals surface area contributed by atoms with Crippen LogP contribution in [0.15, 0.2) is 42.5 Å². The smallest absolute Gasteiger partial charge is 0.251 e. The number of aliphatic hydroxyl groups is 1. The Morgan fingerprint density at radius 2 is 1.84 bits per heavy atom. The van der Waals surface area contributed by atoms with Crippen LogP contribution in [0.2, 0.25) is 5.02 Å². The molecule has 164 valence electrons. The van der Waals surface area contributed by atoms with Crippen molar-refractivity contribution in [3.8, 4) is 11.8 Å². The second-order valence-corrected chi connectivity index (χ2v) is 8.46. The lowest BCUT2D eigenvalue weighted by atomic mass is 9.92. The number of rotatable bonds is 9. The van der Waals surface area contributed by atoms with Crippen molar-refractivity contribution in [3.05, 3.63) is 64.2 Å². The molecule has 1 aliphatic rings. The van der Waals surface area contributed by atoms with E-state index in [9.17, 15) is 4.79 Å². The number of nitrogens with zero attached hydrogens (tertiary/aromatic N) is 1. The molecule has 3 rings (SSSR count). The molecule has 0 saturated heterocycles. The molecule has 0 atom stereocenters. The molecule has 1 aliphatic carbocycles. The number of nitriles is 1. The molecule has 5 nitrogen and oxygen atoms in total. The molecule has 0 bridgehead atoms. The SMILES string of the molecule is N#Cc1ccc(O[C@H]2CC[C@H](NC(=O)c3ccc(CCCCCO)cc3)CC2)cc1Cl. The third kappa shape index (κ3) is 6.99. The number of ether oxygens (including phenoxy) is 1. The molecule has 0 radical (unpaired) electrons. The second kappa shape index (κ2) is 11.7. The summed E-state index contributed by atoms with van der Waals surface area (Å²) in [6, 6.07) is 15.1. The van der Waals surface area contributed by atoms with Gasteiger partial charge in [-0.25, -0.2) is 0 Å². The fourth-order valence-electron chi connectivity index (χ4n) is 3.89. The second-order valence-electron chi connectivity index (χ2n) is 8.05. The van der Waals surface area contributed by atoms with Gasteiger partial charge >= 0.3 is 0 Å². The third-order valence-electron chi connectivity index (χ3n) is 5.71. The largest absolute Gasteiger partial charge is 0.490 e. The first-order chi connectivity index (χ1) is 15.1. The Balaban J connectivity index is 1.42. The molecule has 1 amide bonds. The maximum absolute atomic E-state index is 12.6. The first kappa shape index (κ1) is 23.1. The molecule has 1 fully saturated rings. The van der Waals surface area contributed by atoms with Crippen molar-refractivity contribution < 1.29 is 14.6 Å². The van der Waals surface area contributed by atoms with Gasteiger partial charge < -0.3 is 15.2 Å². The fourth-order valence-corrected chi connectivity index (χ4v) is 4.10. The molecule has 31 heavy (non-hydrogen) atoms. The summed E-state index contributed by atoms with van der Waals surface area (Å²) in [5, 5.41) is 21.3. The fraction of sp³-hybridized carbons (Fsp3) is 0.440. The van der Waals surface area contributed by atoms with Gasteiger partial charge in [-0.05, 0) is 74.8 Å². The summed E-state index contributed by atoms with van der Waals surface area (Å²) < 4.78 is 6.01. The zero-order valence-corrected chi connectivity index (χ0v) is 18.4. The van der Waals surface area contributed by atoms with Crippen LogP contribution in [0.1, 0.15) is 66.4 Å². The molecular weight excluding hydrogens is 412 g/mol. The molecule has 0 spiro atoms. The van der Waals surface area contributed by atoms with E-state index < -0.39 is 0 Å². The van der Waals surface area contributed by atoms with Gasteiger partial charge in [0.25, 0.3) is 5.91 Å². The number of hydrogen-bond acceptors (Lipinski definition) is 4. The number of aliphatic hydroxyl groups excluding tert-OH is 1. The lowest BCUT2D eigenvalue weighted by molar-refractivity contribution is 0.0894. The van der Waals surface area contributed by atoms with E-state index in [1.54, 1.807) is 18.2 Å². The summed E-state index contributed by atoms with van der Waals surface area (Å²) in [5.41, 5.74) is 2.34. The Kier molecular flexibility index (Phi) is 8.75. The van der Waals surface area contributed by atoms with Crippen molar-refractivity contribution in [3.63, 3.8) is 0 Å². The molecule has 2 aromatic rings. The van der Waals surface area contributed by atoms with Crippen molar-refractivity contribution in [1.29, 1.82) is 5.26 Å². The number of aryl methyl sites for hydroxylation is 1. The van der Waals surface area contributed by atoms with E-state index in [2.05, 4.69) is 5.32 Å². The molecule has 0 aliphatic heterocycles. The van der Waals surface area contributed by atoms with Crippen LogP contribution >= 0.6 is 11.6 Å². The van der Waals surface area contributed by atoms with Crippen LogP contribution in [-0.4, -0.2) is 29.8 Å². The van der Waals surface area contributed by atoms with E-state index >= 15 is 0 Å². The van der Waals surface area contributed by atoms with E-state index in [-0.39, 0.29) is 24.7 Å². The summed E-state index contributed by atoms with van der Waals surface area (Å²) in [7, 11) is 0. The van der Waals surface area contributed by atoms with Gasteiger partial charge in [-0.3, -0.25) is 4.79 Å². The lowest BCUT2D eigenvalue weighted by Gasteiger charge is -2.29. The summed E-state index contributed by atoms with van der Waals surface area (Å²) in [6.07, 6.45) is 7.40. The minimum absolute atomic E-state index is 0.0323. The zero-order chi connectivity index (χ0) is 22.1. The van der Waals surface area contributed by atoms with Crippen molar-refractivity contribution in [1.82, 2.24) is 5.32 Å². The number of nitrogens with one attached hydrogen (secondary N) is 1. The number of halogens is 1. The number of carbonyl (C=O) groups is 1. The topological polar surface area (TPSA) is 82.3 Å². The van der Waals surface area contributed by atoms with E-state index in [4.69, 9.17) is 26.7 Å². The van der Waals surface area contributed by atoms with Gasteiger partial charge in [0.1, 0.15) is 11.8 Å². The van der Waals surface area contributed by atoms with Crippen molar-refractivity contribution in [2.45, 2.75) is 63.5 Å². The quantitative estimate of drug-likeness (QED) is 0.535. The number of benzene rings is 2. The van der Waals surface area contributed by atoms with Gasteiger partial charge in [0.2, 0.25) is 0 Å². The number of amides is 1. The van der Waals surface area contributed by atoms with E-state index in [1.807, 2.05) is 30.3 Å². The number of hydrogen-bond donors (Lipinski definition) is 2. The number of unbranched alkanes of at least 4 members (excludes halogenated alkanes) is 2. The van der Waals surface area contributed by atoms with Crippen LogP contribution in [0.5, 0.6) is 5.75 Å². The number of carbonyl (C=O) groups excluding carboxylic acids is 1. The highest BCUT2D eigenvalue weighted by atomic mass is 35.5. The van der Waals surface area contributed by atoms with Crippen LogP contribution in [0.3, 0.4) is 0 Å². The minimum Gasteiger partial charge on any atom is -0.490 e. The Bertz CT molecular complexity index is 900. The Morgan fingerprint density at radius 3 is 2.48 bits per heavy atom. The third-order valence-corrected chi connectivity index (χ3v) is 6.03. The average molecular weight is 441 g/mol. The molecule has 0 heterocycles. The van der Waals surface area contributed by atoms with E-state index in [0.717, 1.165) is 51.4 Å². The first-order valence-electron chi connectivity index (χ1n) is 11.0. The first-order valence-corrected chi connectivity index (χ1v) is 11.3. The summed E-state index contributed by atoms with van der Waals surface area (Å²) in [4.78, 5) is 12.6. The van der Waals surface area contributed by atoms with E-state index in [1.165, 1.54) is 5.56 Å². The highest BCUT2D eigenvalue weighted by Gasteiger charge is 2.24. The van der Waals surface area contributed by atoms with Crippen molar-refractivity contribution in [2.75, 3.05) is 6.61 Å². The van der Waals surface area contributed by atoms with Gasteiger partial charge in [0.05, 0.1) is 16.7 Å². The van der Waals surface area contributed by atoms with Gasteiger partial charge in [-0.2, -0.15) is 5.26 Å².